The molecule has 2 aromatic carbocycles. The fourth-order valence-corrected chi connectivity index (χ4v) is 3.08. The monoisotopic (exact) mass is 567 g/mol. The molecular formula is C25H28IrNO2-. The Morgan fingerprint density at radius 2 is 1.79 bits per heavy atom. The van der Waals surface area contributed by atoms with Gasteiger partial charge in [-0.1, -0.05) is 45.9 Å². The first-order chi connectivity index (χ1) is 13.2. The molecule has 1 aromatic heterocycles. The molecule has 0 atom stereocenters. The van der Waals surface area contributed by atoms with Crippen molar-refractivity contribution < 1.29 is 30.0 Å². The second kappa shape index (κ2) is 11.0. The van der Waals surface area contributed by atoms with Gasteiger partial charge >= 0.3 is 0 Å². The molecule has 3 aromatic rings. The van der Waals surface area contributed by atoms with Crippen LogP contribution in [-0.2, 0) is 24.9 Å². The minimum Gasteiger partial charge on any atom is -0.512 e. The van der Waals surface area contributed by atoms with Crippen molar-refractivity contribution in [1.29, 1.82) is 0 Å². The van der Waals surface area contributed by atoms with Crippen LogP contribution in [0.3, 0.4) is 0 Å². The van der Waals surface area contributed by atoms with Gasteiger partial charge in [-0.3, -0.25) is 4.79 Å². The molecule has 1 radical (unpaired) electrons. The molecule has 1 N–H and O–H groups in total. The largest absolute Gasteiger partial charge is 0.512 e. The van der Waals surface area contributed by atoms with Crippen LogP contribution in [0.4, 0.5) is 0 Å². The maximum absolute atomic E-state index is 10.0. The molecule has 3 rings (SSSR count). The van der Waals surface area contributed by atoms with Crippen molar-refractivity contribution in [2.75, 3.05) is 0 Å². The Labute approximate surface area is 187 Å². The third kappa shape index (κ3) is 7.23. The van der Waals surface area contributed by atoms with Crippen LogP contribution in [0.1, 0.15) is 50.3 Å². The van der Waals surface area contributed by atoms with Crippen LogP contribution in [0.2, 0.25) is 0 Å². The Bertz CT molecular complexity index is 998. The van der Waals surface area contributed by atoms with Crippen LogP contribution < -0.4 is 0 Å². The third-order valence-corrected chi connectivity index (χ3v) is 4.27. The van der Waals surface area contributed by atoms with Gasteiger partial charge in [0.1, 0.15) is 0 Å². The maximum Gasteiger partial charge on any atom is 0.155 e. The van der Waals surface area contributed by atoms with Crippen molar-refractivity contribution in [1.82, 2.24) is 4.98 Å². The van der Waals surface area contributed by atoms with Gasteiger partial charge in [-0.2, -0.15) is 0 Å². The Kier molecular flexibility index (Phi) is 9.42. The normalized spacial score (nSPS) is 10.9. The molecule has 0 bridgehead atoms. The number of aliphatic hydroxyl groups excluding tert-OH is 1. The zero-order chi connectivity index (χ0) is 20.8. The Morgan fingerprint density at radius 3 is 2.31 bits per heavy atom. The van der Waals surface area contributed by atoms with Gasteiger partial charge in [0.25, 0.3) is 0 Å². The molecule has 29 heavy (non-hydrogen) atoms. The van der Waals surface area contributed by atoms with Gasteiger partial charge in [-0.05, 0) is 47.9 Å². The number of rotatable bonds is 3. The minimum absolute atomic E-state index is 0. The van der Waals surface area contributed by atoms with Gasteiger partial charge in [0.15, 0.2) is 5.78 Å². The van der Waals surface area contributed by atoms with Gasteiger partial charge in [0.2, 0.25) is 0 Å². The van der Waals surface area contributed by atoms with Crippen LogP contribution >= 0.6 is 0 Å². The molecule has 0 saturated carbocycles. The second-order valence-electron chi connectivity index (χ2n) is 7.45. The number of hydrogen-bond acceptors (Lipinski definition) is 3. The average Bonchev–Trinajstić information content (AvgIpc) is 2.59. The van der Waals surface area contributed by atoms with E-state index >= 15 is 0 Å². The van der Waals surface area contributed by atoms with Gasteiger partial charge in [0.05, 0.1) is 5.76 Å². The predicted octanol–water partition coefficient (Wildman–Crippen LogP) is 6.48. The molecule has 0 aliphatic carbocycles. The van der Waals surface area contributed by atoms with E-state index in [-0.39, 0.29) is 31.6 Å². The number of aliphatic hydroxyl groups is 1. The van der Waals surface area contributed by atoms with Crippen molar-refractivity contribution >= 4 is 16.6 Å². The van der Waals surface area contributed by atoms with Crippen LogP contribution in [0.5, 0.6) is 0 Å². The van der Waals surface area contributed by atoms with Gasteiger partial charge in [0, 0.05) is 32.4 Å². The number of carbonyl (C=O) groups excluding carboxylic acids is 1. The van der Waals surface area contributed by atoms with E-state index in [1.807, 2.05) is 6.20 Å². The summed E-state index contributed by atoms with van der Waals surface area (Å²) in [7, 11) is 0. The first kappa shape index (κ1) is 24.7. The number of hydrogen-bond donors (Lipinski definition) is 1. The summed E-state index contributed by atoms with van der Waals surface area (Å²) in [5.41, 5.74) is 5.87. The summed E-state index contributed by atoms with van der Waals surface area (Å²) in [5, 5.41) is 10.8. The van der Waals surface area contributed by atoms with E-state index in [0.29, 0.717) is 5.92 Å². The second-order valence-corrected chi connectivity index (χ2v) is 7.45. The predicted molar refractivity (Wildman–Crippen MR) is 117 cm³/mol. The molecule has 0 aliphatic heterocycles. The van der Waals surface area contributed by atoms with E-state index in [0.717, 1.165) is 16.8 Å². The molecule has 3 nitrogen and oxygen atoms in total. The van der Waals surface area contributed by atoms with Gasteiger partial charge in [-0.25, -0.2) is 0 Å². The number of nitrogens with zero attached hydrogens (tertiary/aromatic N) is 1. The van der Waals surface area contributed by atoms with Gasteiger partial charge in [-0.15, -0.1) is 34.9 Å². The fraction of sp³-hybridized carbons (Fsp3) is 0.280. The number of aryl methyl sites for hydroxylation is 2. The van der Waals surface area contributed by atoms with Gasteiger partial charge < -0.3 is 10.1 Å². The number of carbonyl (C=O) groups is 1. The standard InChI is InChI=1S/C20H20N.C5H8O2.Ir/c1-13(2)17-6-5-16-7-8-21-20(19(16)12-17)18-10-14(3)9-15(4)11-18;1-4(6)3-5(2)7;/h5-10,12-13H,1-4H3;3,6H,1-2H3;/q-1;;. The third-order valence-electron chi connectivity index (χ3n) is 4.27. The topological polar surface area (TPSA) is 50.2 Å². The molecule has 0 amide bonds. The molecular weight excluding hydrogens is 538 g/mol. The molecule has 4 heteroatoms. The number of benzene rings is 2. The van der Waals surface area contributed by atoms with E-state index in [1.54, 1.807) is 0 Å². The summed E-state index contributed by atoms with van der Waals surface area (Å²) < 4.78 is 0. The van der Waals surface area contributed by atoms with Crippen molar-refractivity contribution in [2.24, 2.45) is 0 Å². The SMILES string of the molecule is CC(=O)C=C(C)O.Cc1[c-]c(-c2nccc3ccc(C(C)C)cc23)cc(C)c1.[Ir]. The number of allylic oxidation sites excluding steroid dienone is 2. The fourth-order valence-electron chi connectivity index (χ4n) is 3.08. The van der Waals surface area contributed by atoms with Crippen LogP contribution in [-0.4, -0.2) is 15.9 Å². The summed E-state index contributed by atoms with van der Waals surface area (Å²) in [6.45, 7) is 11.5. The summed E-state index contributed by atoms with van der Waals surface area (Å²) in [6, 6.07) is 16.5. The van der Waals surface area contributed by atoms with E-state index in [1.165, 1.54) is 41.8 Å². The first-order valence-electron chi connectivity index (χ1n) is 9.45. The van der Waals surface area contributed by atoms with Crippen molar-refractivity contribution in [2.45, 2.75) is 47.5 Å². The van der Waals surface area contributed by atoms with E-state index in [9.17, 15) is 4.79 Å². The Balaban J connectivity index is 0.000000456. The molecule has 1 heterocycles. The summed E-state index contributed by atoms with van der Waals surface area (Å²) >= 11 is 0. The quantitative estimate of drug-likeness (QED) is 0.224. The summed E-state index contributed by atoms with van der Waals surface area (Å²) in [5.74, 6) is 0.457. The first-order valence-corrected chi connectivity index (χ1v) is 9.45. The Hall–Kier alpha value is -2.29. The molecule has 0 spiro atoms. The van der Waals surface area contributed by atoms with Crippen molar-refractivity contribution in [3.8, 4) is 11.3 Å². The Morgan fingerprint density at radius 1 is 1.10 bits per heavy atom. The van der Waals surface area contributed by atoms with E-state index in [2.05, 4.69) is 75.1 Å². The number of pyridine rings is 1. The van der Waals surface area contributed by atoms with Crippen LogP contribution in [0.25, 0.3) is 22.0 Å². The van der Waals surface area contributed by atoms with E-state index < -0.39 is 0 Å². The molecule has 0 aliphatic rings. The van der Waals surface area contributed by atoms with Crippen molar-refractivity contribution in [3.05, 3.63) is 77.2 Å². The number of ketones is 1. The summed E-state index contributed by atoms with van der Waals surface area (Å²) in [4.78, 5) is 14.6. The molecule has 155 valence electrons. The van der Waals surface area contributed by atoms with Crippen LogP contribution in [0.15, 0.2) is 54.4 Å². The maximum atomic E-state index is 10.0. The minimum atomic E-state index is -0.125. The zero-order valence-corrected chi connectivity index (χ0v) is 20.2. The molecule has 0 saturated heterocycles. The van der Waals surface area contributed by atoms with Crippen LogP contribution in [0, 0.1) is 19.9 Å². The van der Waals surface area contributed by atoms with Crippen molar-refractivity contribution in [3.63, 3.8) is 0 Å². The number of aromatic nitrogens is 1. The smallest absolute Gasteiger partial charge is 0.155 e. The molecule has 0 unspecified atom stereocenters. The number of fused-ring (bicyclic) bond motifs is 1. The zero-order valence-electron chi connectivity index (χ0n) is 17.8. The summed E-state index contributed by atoms with van der Waals surface area (Å²) in [6.07, 6.45) is 3.05. The average molecular weight is 567 g/mol. The molecule has 0 fully saturated rings. The van der Waals surface area contributed by atoms with E-state index in [4.69, 9.17) is 5.11 Å².